The van der Waals surface area contributed by atoms with Gasteiger partial charge in [-0.25, -0.2) is 0 Å². The van der Waals surface area contributed by atoms with Gasteiger partial charge in [0.25, 0.3) is 0 Å². The number of rotatable bonds is 7. The summed E-state index contributed by atoms with van der Waals surface area (Å²) in [5.74, 6) is 0.291. The minimum Gasteiger partial charge on any atom is -0.396 e. The standard InChI is InChI=1S/C15H19N3O3/c1-2-11(7-9-19)10-17-14-6-5-13-12(4-3-8-16-13)15(14)18(20)21/h3-6,8,11,17,19H,2,7,9-10H2,1H3. The molecule has 2 N–H and O–H groups in total. The van der Waals surface area contributed by atoms with Crippen molar-refractivity contribution < 1.29 is 10.0 Å². The Kier molecular flexibility index (Phi) is 5.05. The molecule has 112 valence electrons. The molecular formula is C15H19N3O3. The SMILES string of the molecule is CCC(CCO)CNc1ccc2ncccc2c1[N+](=O)[O-]. The van der Waals surface area contributed by atoms with Crippen LogP contribution in [0.25, 0.3) is 10.9 Å². The number of aliphatic hydroxyl groups excluding tert-OH is 1. The van der Waals surface area contributed by atoms with Gasteiger partial charge in [-0.1, -0.05) is 13.3 Å². The first-order valence-corrected chi connectivity index (χ1v) is 7.04. The molecule has 1 unspecified atom stereocenters. The molecule has 6 heteroatoms. The minimum atomic E-state index is -0.376. The highest BCUT2D eigenvalue weighted by atomic mass is 16.6. The summed E-state index contributed by atoms with van der Waals surface area (Å²) in [5, 5.41) is 24.1. The van der Waals surface area contributed by atoms with Gasteiger partial charge in [-0.15, -0.1) is 0 Å². The largest absolute Gasteiger partial charge is 0.396 e. The number of pyridine rings is 1. The number of nitro benzene ring substituents is 1. The van der Waals surface area contributed by atoms with Crippen molar-refractivity contribution in [3.05, 3.63) is 40.6 Å². The van der Waals surface area contributed by atoms with Crippen LogP contribution in [0.2, 0.25) is 0 Å². The average molecular weight is 289 g/mol. The summed E-state index contributed by atoms with van der Waals surface area (Å²) in [4.78, 5) is 15.1. The predicted octanol–water partition coefficient (Wildman–Crippen LogP) is 2.96. The third-order valence-electron chi connectivity index (χ3n) is 3.64. The first-order valence-electron chi connectivity index (χ1n) is 7.04. The van der Waals surface area contributed by atoms with Crippen LogP contribution in [0.15, 0.2) is 30.5 Å². The highest BCUT2D eigenvalue weighted by Crippen LogP contribution is 2.32. The lowest BCUT2D eigenvalue weighted by molar-refractivity contribution is -0.382. The third kappa shape index (κ3) is 3.46. The van der Waals surface area contributed by atoms with Crippen LogP contribution < -0.4 is 5.32 Å². The fourth-order valence-electron chi connectivity index (χ4n) is 2.36. The molecule has 0 spiro atoms. The number of nitrogens with one attached hydrogen (secondary N) is 1. The molecule has 1 aromatic carbocycles. The molecule has 21 heavy (non-hydrogen) atoms. The number of fused-ring (bicyclic) bond motifs is 1. The summed E-state index contributed by atoms with van der Waals surface area (Å²) in [6, 6.07) is 6.87. The van der Waals surface area contributed by atoms with E-state index in [0.717, 1.165) is 6.42 Å². The molecule has 2 rings (SSSR count). The summed E-state index contributed by atoms with van der Waals surface area (Å²) < 4.78 is 0. The Morgan fingerprint density at radius 1 is 1.43 bits per heavy atom. The van der Waals surface area contributed by atoms with E-state index in [2.05, 4.69) is 10.3 Å². The van der Waals surface area contributed by atoms with Crippen molar-refractivity contribution in [2.45, 2.75) is 19.8 Å². The second-order valence-electron chi connectivity index (χ2n) is 4.96. The first kappa shape index (κ1) is 15.2. The van der Waals surface area contributed by atoms with Crippen molar-refractivity contribution in [1.29, 1.82) is 0 Å². The highest BCUT2D eigenvalue weighted by molar-refractivity contribution is 5.94. The van der Waals surface area contributed by atoms with E-state index in [9.17, 15) is 10.1 Å². The molecular weight excluding hydrogens is 270 g/mol. The lowest BCUT2D eigenvalue weighted by Gasteiger charge is -2.15. The lowest BCUT2D eigenvalue weighted by atomic mass is 10.0. The molecule has 1 aromatic heterocycles. The smallest absolute Gasteiger partial charge is 0.301 e. The number of nitro groups is 1. The molecule has 0 fully saturated rings. The molecule has 0 aliphatic rings. The molecule has 0 aliphatic carbocycles. The van der Waals surface area contributed by atoms with Gasteiger partial charge in [0.2, 0.25) is 0 Å². The van der Waals surface area contributed by atoms with Gasteiger partial charge in [0.05, 0.1) is 15.8 Å². The quantitative estimate of drug-likeness (QED) is 0.604. The maximum absolute atomic E-state index is 11.4. The van der Waals surface area contributed by atoms with Gasteiger partial charge in [0.1, 0.15) is 5.69 Å². The molecule has 6 nitrogen and oxygen atoms in total. The van der Waals surface area contributed by atoms with Gasteiger partial charge in [-0.3, -0.25) is 15.1 Å². The summed E-state index contributed by atoms with van der Waals surface area (Å²) in [6.07, 6.45) is 3.22. The van der Waals surface area contributed by atoms with Crippen molar-refractivity contribution in [3.63, 3.8) is 0 Å². The third-order valence-corrected chi connectivity index (χ3v) is 3.64. The maximum atomic E-state index is 11.4. The van der Waals surface area contributed by atoms with Gasteiger partial charge in [0, 0.05) is 19.3 Å². The van der Waals surface area contributed by atoms with Gasteiger partial charge >= 0.3 is 5.69 Å². The van der Waals surface area contributed by atoms with E-state index in [1.54, 1.807) is 30.5 Å². The number of hydrogen-bond donors (Lipinski definition) is 2. The number of hydrogen-bond acceptors (Lipinski definition) is 5. The highest BCUT2D eigenvalue weighted by Gasteiger charge is 2.19. The summed E-state index contributed by atoms with van der Waals surface area (Å²) in [5.41, 5.74) is 1.16. The van der Waals surface area contributed by atoms with Crippen LogP contribution in [0, 0.1) is 16.0 Å². The molecule has 0 amide bonds. The number of aromatic nitrogens is 1. The zero-order chi connectivity index (χ0) is 15.2. The van der Waals surface area contributed by atoms with Crippen LogP contribution in [0.1, 0.15) is 19.8 Å². The molecule has 0 saturated carbocycles. The fraction of sp³-hybridized carbons (Fsp3) is 0.400. The van der Waals surface area contributed by atoms with Gasteiger partial charge in [-0.2, -0.15) is 0 Å². The Hall–Kier alpha value is -2.21. The molecule has 0 saturated heterocycles. The van der Waals surface area contributed by atoms with Crippen molar-refractivity contribution in [2.75, 3.05) is 18.5 Å². The Morgan fingerprint density at radius 2 is 2.24 bits per heavy atom. The fourth-order valence-corrected chi connectivity index (χ4v) is 2.36. The Labute approximate surface area is 123 Å². The second kappa shape index (κ2) is 6.99. The summed E-state index contributed by atoms with van der Waals surface area (Å²) in [7, 11) is 0. The summed E-state index contributed by atoms with van der Waals surface area (Å²) in [6.45, 7) is 2.77. The van der Waals surface area contributed by atoms with Crippen LogP contribution in [-0.4, -0.2) is 28.2 Å². The number of anilines is 1. The zero-order valence-corrected chi connectivity index (χ0v) is 12.0. The molecule has 0 aliphatic heterocycles. The van der Waals surface area contributed by atoms with E-state index in [4.69, 9.17) is 5.11 Å². The topological polar surface area (TPSA) is 88.3 Å². The van der Waals surface area contributed by atoms with Crippen LogP contribution in [0.5, 0.6) is 0 Å². The molecule has 1 atom stereocenters. The van der Waals surface area contributed by atoms with Crippen LogP contribution in [-0.2, 0) is 0 Å². The minimum absolute atomic E-state index is 0.0550. The van der Waals surface area contributed by atoms with Crippen molar-refractivity contribution in [2.24, 2.45) is 5.92 Å². The van der Waals surface area contributed by atoms with Gasteiger partial charge in [-0.05, 0) is 36.6 Å². The van der Waals surface area contributed by atoms with Crippen LogP contribution in [0.3, 0.4) is 0 Å². The second-order valence-corrected chi connectivity index (χ2v) is 4.96. The monoisotopic (exact) mass is 289 g/mol. The van der Waals surface area contributed by atoms with E-state index < -0.39 is 0 Å². The predicted molar refractivity (Wildman–Crippen MR) is 82.4 cm³/mol. The number of aliphatic hydroxyl groups is 1. The molecule has 0 radical (unpaired) electrons. The van der Waals surface area contributed by atoms with E-state index in [1.807, 2.05) is 6.92 Å². The van der Waals surface area contributed by atoms with E-state index in [1.165, 1.54) is 0 Å². The number of nitrogens with zero attached hydrogens (tertiary/aromatic N) is 2. The first-order chi connectivity index (χ1) is 10.2. The Morgan fingerprint density at radius 3 is 2.90 bits per heavy atom. The van der Waals surface area contributed by atoms with E-state index in [-0.39, 0.29) is 17.2 Å². The van der Waals surface area contributed by atoms with Crippen LogP contribution in [0.4, 0.5) is 11.4 Å². The average Bonchev–Trinajstić information content (AvgIpc) is 2.50. The van der Waals surface area contributed by atoms with Crippen LogP contribution >= 0.6 is 0 Å². The molecule has 2 aromatic rings. The van der Waals surface area contributed by atoms with Crippen molar-refractivity contribution in [1.82, 2.24) is 4.98 Å². The van der Waals surface area contributed by atoms with Crippen molar-refractivity contribution in [3.8, 4) is 0 Å². The molecule has 0 bridgehead atoms. The van der Waals surface area contributed by atoms with Gasteiger partial charge in [0.15, 0.2) is 0 Å². The maximum Gasteiger partial charge on any atom is 0.301 e. The lowest BCUT2D eigenvalue weighted by Crippen LogP contribution is -2.15. The Bertz CT molecular complexity index is 631. The van der Waals surface area contributed by atoms with E-state index in [0.29, 0.717) is 35.5 Å². The van der Waals surface area contributed by atoms with E-state index >= 15 is 0 Å². The summed E-state index contributed by atoms with van der Waals surface area (Å²) >= 11 is 0. The zero-order valence-electron chi connectivity index (χ0n) is 12.0. The van der Waals surface area contributed by atoms with Crippen molar-refractivity contribution >= 4 is 22.3 Å². The Balaban J connectivity index is 2.31. The van der Waals surface area contributed by atoms with Gasteiger partial charge < -0.3 is 10.4 Å². The molecule has 1 heterocycles. The normalized spacial score (nSPS) is 12.3. The number of benzene rings is 1.